The van der Waals surface area contributed by atoms with Gasteiger partial charge in [0.1, 0.15) is 0 Å². The van der Waals surface area contributed by atoms with Crippen LogP contribution in [0.15, 0.2) is 0 Å². The number of rotatable bonds is 0. The molecular formula is C12H24N2O. The Bertz CT molecular complexity index is 161. The molecule has 0 spiro atoms. The van der Waals surface area contributed by atoms with Crippen LogP contribution in [0, 0.1) is 0 Å². The van der Waals surface area contributed by atoms with Crippen LogP contribution >= 0.6 is 0 Å². The van der Waals surface area contributed by atoms with Crippen LogP contribution in [0.4, 0.5) is 0 Å². The zero-order valence-corrected chi connectivity index (χ0v) is 9.93. The van der Waals surface area contributed by atoms with E-state index in [9.17, 15) is 4.79 Å². The second-order valence-electron chi connectivity index (χ2n) is 4.38. The summed E-state index contributed by atoms with van der Waals surface area (Å²) in [6, 6.07) is 0. The summed E-state index contributed by atoms with van der Waals surface area (Å²) in [6.07, 6.45) is 7.90. The van der Waals surface area contributed by atoms with Gasteiger partial charge in [0.15, 0.2) is 0 Å². The minimum Gasteiger partial charge on any atom is -0.343 e. The fourth-order valence-electron chi connectivity index (χ4n) is 2.01. The zero-order chi connectivity index (χ0) is 10.9. The summed E-state index contributed by atoms with van der Waals surface area (Å²) in [7, 11) is 0. The summed E-state index contributed by atoms with van der Waals surface area (Å²) >= 11 is 0. The largest absolute Gasteiger partial charge is 0.343 e. The van der Waals surface area contributed by atoms with Crippen LogP contribution in [0.5, 0.6) is 0 Å². The molecule has 1 amide bonds. The van der Waals surface area contributed by atoms with E-state index >= 15 is 0 Å². The van der Waals surface area contributed by atoms with Gasteiger partial charge in [-0.1, -0.05) is 6.42 Å². The molecule has 0 aromatic heterocycles. The van der Waals surface area contributed by atoms with E-state index in [-0.39, 0.29) is 5.91 Å². The molecule has 88 valence electrons. The van der Waals surface area contributed by atoms with Gasteiger partial charge in [0.05, 0.1) is 0 Å². The molecule has 0 aromatic rings. The number of likely N-dealkylation sites (tertiary alicyclic amines) is 1. The van der Waals surface area contributed by atoms with E-state index in [4.69, 9.17) is 0 Å². The number of amides is 1. The Morgan fingerprint density at radius 3 is 1.73 bits per heavy atom. The smallest absolute Gasteiger partial charge is 0.219 e. The summed E-state index contributed by atoms with van der Waals surface area (Å²) in [5.41, 5.74) is 0. The molecule has 2 fully saturated rings. The van der Waals surface area contributed by atoms with Gasteiger partial charge in [-0.25, -0.2) is 0 Å². The molecule has 0 radical (unpaired) electrons. The molecule has 0 saturated carbocycles. The molecule has 0 aromatic carbocycles. The fraction of sp³-hybridized carbons (Fsp3) is 0.917. The lowest BCUT2D eigenvalue weighted by atomic mass is 10.1. The molecule has 2 aliphatic heterocycles. The fourth-order valence-corrected chi connectivity index (χ4v) is 2.01. The first-order valence-corrected chi connectivity index (χ1v) is 6.27. The lowest BCUT2D eigenvalue weighted by Gasteiger charge is -2.24. The van der Waals surface area contributed by atoms with Crippen LogP contribution < -0.4 is 5.32 Å². The maximum atomic E-state index is 10.7. The maximum absolute atomic E-state index is 10.7. The van der Waals surface area contributed by atoms with Gasteiger partial charge >= 0.3 is 0 Å². The summed E-state index contributed by atoms with van der Waals surface area (Å²) in [4.78, 5) is 12.6. The predicted octanol–water partition coefficient (Wildman–Crippen LogP) is 1.78. The highest BCUT2D eigenvalue weighted by Crippen LogP contribution is 2.07. The van der Waals surface area contributed by atoms with E-state index in [0.717, 1.165) is 13.1 Å². The Hall–Kier alpha value is -0.570. The van der Waals surface area contributed by atoms with Crippen LogP contribution in [0.1, 0.15) is 45.4 Å². The number of carbonyl (C=O) groups is 1. The highest BCUT2D eigenvalue weighted by Gasteiger charge is 2.10. The molecular weight excluding hydrogens is 188 g/mol. The maximum Gasteiger partial charge on any atom is 0.219 e. The molecule has 3 heteroatoms. The lowest BCUT2D eigenvalue weighted by molar-refractivity contribution is -0.129. The van der Waals surface area contributed by atoms with Gasteiger partial charge in [0.25, 0.3) is 0 Å². The Kier molecular flexibility index (Phi) is 6.41. The summed E-state index contributed by atoms with van der Waals surface area (Å²) < 4.78 is 0. The van der Waals surface area contributed by atoms with Crippen molar-refractivity contribution < 1.29 is 4.79 Å². The van der Waals surface area contributed by atoms with E-state index in [0.29, 0.717) is 0 Å². The van der Waals surface area contributed by atoms with Gasteiger partial charge in [-0.3, -0.25) is 4.79 Å². The zero-order valence-electron chi connectivity index (χ0n) is 9.93. The molecule has 0 bridgehead atoms. The molecule has 0 aliphatic carbocycles. The predicted molar refractivity (Wildman–Crippen MR) is 62.8 cm³/mol. The third kappa shape index (κ3) is 5.78. The first-order chi connectivity index (χ1) is 7.30. The number of carbonyl (C=O) groups excluding carboxylic acids is 1. The van der Waals surface area contributed by atoms with E-state index in [1.54, 1.807) is 6.92 Å². The number of nitrogens with one attached hydrogen (secondary N) is 1. The van der Waals surface area contributed by atoms with E-state index in [1.165, 1.54) is 51.6 Å². The minimum atomic E-state index is 0.231. The molecule has 0 unspecified atom stereocenters. The normalized spacial score (nSPS) is 21.5. The van der Waals surface area contributed by atoms with Crippen molar-refractivity contribution in [2.24, 2.45) is 0 Å². The molecule has 1 N–H and O–H groups in total. The lowest BCUT2D eigenvalue weighted by Crippen LogP contribution is -2.33. The van der Waals surface area contributed by atoms with Gasteiger partial charge < -0.3 is 10.2 Å². The highest BCUT2D eigenvalue weighted by molar-refractivity contribution is 5.73. The molecule has 0 atom stereocenters. The van der Waals surface area contributed by atoms with Gasteiger partial charge in [-0.05, 0) is 45.2 Å². The van der Waals surface area contributed by atoms with E-state index < -0.39 is 0 Å². The average molecular weight is 212 g/mol. The molecule has 2 rings (SSSR count). The number of hydrogen-bond acceptors (Lipinski definition) is 2. The number of nitrogens with zero attached hydrogens (tertiary/aromatic N) is 1. The first kappa shape index (κ1) is 12.5. The van der Waals surface area contributed by atoms with Crippen LogP contribution in [-0.4, -0.2) is 37.0 Å². The van der Waals surface area contributed by atoms with E-state index in [2.05, 4.69) is 5.32 Å². The van der Waals surface area contributed by atoms with Crippen LogP contribution in [0.3, 0.4) is 0 Å². The number of hydrogen-bond donors (Lipinski definition) is 1. The summed E-state index contributed by atoms with van der Waals surface area (Å²) in [5, 5.41) is 3.28. The van der Waals surface area contributed by atoms with Gasteiger partial charge in [-0.2, -0.15) is 0 Å². The molecule has 2 heterocycles. The van der Waals surface area contributed by atoms with Gasteiger partial charge in [0, 0.05) is 20.0 Å². The van der Waals surface area contributed by atoms with Crippen molar-refractivity contribution in [1.29, 1.82) is 0 Å². The third-order valence-electron chi connectivity index (χ3n) is 3.01. The monoisotopic (exact) mass is 212 g/mol. The molecule has 15 heavy (non-hydrogen) atoms. The van der Waals surface area contributed by atoms with Crippen molar-refractivity contribution in [3.8, 4) is 0 Å². The SMILES string of the molecule is C1CCNCC1.CC(=O)N1CCCCC1. The van der Waals surface area contributed by atoms with Crippen molar-refractivity contribution in [3.63, 3.8) is 0 Å². The van der Waals surface area contributed by atoms with Crippen molar-refractivity contribution in [2.75, 3.05) is 26.2 Å². The Balaban J connectivity index is 0.000000162. The topological polar surface area (TPSA) is 32.3 Å². The van der Waals surface area contributed by atoms with Crippen molar-refractivity contribution in [2.45, 2.75) is 45.4 Å². The second kappa shape index (κ2) is 7.69. The number of piperidine rings is 2. The minimum absolute atomic E-state index is 0.231. The molecule has 3 nitrogen and oxygen atoms in total. The average Bonchev–Trinajstić information content (AvgIpc) is 2.33. The standard InChI is InChI=1S/C7H13NO.C5H11N/c1-7(9)8-5-3-2-4-6-8;1-2-4-6-5-3-1/h2-6H2,1H3;6H,1-5H2. The second-order valence-corrected chi connectivity index (χ2v) is 4.38. The Labute approximate surface area is 93.2 Å². The Morgan fingerprint density at radius 2 is 1.47 bits per heavy atom. The highest BCUT2D eigenvalue weighted by atomic mass is 16.2. The molecule has 2 aliphatic rings. The molecule has 2 saturated heterocycles. The first-order valence-electron chi connectivity index (χ1n) is 6.27. The van der Waals surface area contributed by atoms with Gasteiger partial charge in [-0.15, -0.1) is 0 Å². The quantitative estimate of drug-likeness (QED) is 0.664. The van der Waals surface area contributed by atoms with Crippen LogP contribution in [-0.2, 0) is 4.79 Å². The third-order valence-corrected chi connectivity index (χ3v) is 3.01. The van der Waals surface area contributed by atoms with Crippen molar-refractivity contribution >= 4 is 5.91 Å². The summed E-state index contributed by atoms with van der Waals surface area (Å²) in [6.45, 7) is 6.11. The van der Waals surface area contributed by atoms with Crippen LogP contribution in [0.2, 0.25) is 0 Å². The van der Waals surface area contributed by atoms with Crippen molar-refractivity contribution in [1.82, 2.24) is 10.2 Å². The van der Waals surface area contributed by atoms with Gasteiger partial charge in [0.2, 0.25) is 5.91 Å². The summed E-state index contributed by atoms with van der Waals surface area (Å²) in [5.74, 6) is 0.231. The van der Waals surface area contributed by atoms with Crippen LogP contribution in [0.25, 0.3) is 0 Å². The Morgan fingerprint density at radius 1 is 0.933 bits per heavy atom. The van der Waals surface area contributed by atoms with E-state index in [1.807, 2.05) is 4.90 Å². The van der Waals surface area contributed by atoms with Crippen molar-refractivity contribution in [3.05, 3.63) is 0 Å².